The van der Waals surface area contributed by atoms with Gasteiger partial charge in [0, 0.05) is 37.6 Å². The van der Waals surface area contributed by atoms with Crippen LogP contribution in [0.25, 0.3) is 0 Å². The van der Waals surface area contributed by atoms with Crippen LogP contribution in [0, 0.1) is 5.92 Å². The van der Waals surface area contributed by atoms with E-state index in [2.05, 4.69) is 58.8 Å². The molecule has 2 aliphatic heterocycles. The number of thiophene rings is 1. The average molecular weight is 536 g/mol. The molecule has 3 rings (SSSR count). The molecule has 166 valence electrons. The van der Waals surface area contributed by atoms with Crippen LogP contribution in [0.4, 0.5) is 0 Å². The first-order chi connectivity index (χ1) is 13.7. The first kappa shape index (κ1) is 24.8. The van der Waals surface area contributed by atoms with Gasteiger partial charge in [-0.25, -0.2) is 0 Å². The Labute approximate surface area is 197 Å². The molecule has 0 radical (unpaired) electrons. The third-order valence-corrected chi connectivity index (χ3v) is 6.61. The molecule has 0 amide bonds. The Morgan fingerprint density at radius 1 is 1.34 bits per heavy atom. The van der Waals surface area contributed by atoms with Crippen molar-refractivity contribution >= 4 is 41.3 Å². The number of aliphatic imine (C=N–C) groups is 1. The molecule has 0 saturated carbocycles. The number of hydrogen-bond acceptors (Lipinski definition) is 5. The van der Waals surface area contributed by atoms with E-state index in [-0.39, 0.29) is 30.1 Å². The molecule has 1 aromatic rings. The third kappa shape index (κ3) is 7.97. The number of hydrogen-bond donors (Lipinski definition) is 2. The largest absolute Gasteiger partial charge is 0.376 e. The molecule has 2 aliphatic rings. The van der Waals surface area contributed by atoms with Crippen LogP contribution >= 0.6 is 35.3 Å². The molecular formula is C21H38IN5OS. The lowest BCUT2D eigenvalue weighted by Crippen LogP contribution is -2.45. The van der Waals surface area contributed by atoms with E-state index in [1.54, 1.807) is 0 Å². The van der Waals surface area contributed by atoms with Crippen molar-refractivity contribution in [3.05, 3.63) is 22.4 Å². The van der Waals surface area contributed by atoms with Gasteiger partial charge in [0.2, 0.25) is 0 Å². The standard InChI is InChI=1S/C21H37N5OS.HI/c1-4-22-21(23-13-18-7-5-9-25(3)16-18)24-14-19(20-8-6-12-28-20)26-10-11-27-17(2)15-26;/h6,8,12,17-19H,4-5,7,9-11,13-16H2,1-3H3,(H2,22,23,24);1H. The molecular weight excluding hydrogens is 497 g/mol. The summed E-state index contributed by atoms with van der Waals surface area (Å²) >= 11 is 1.83. The smallest absolute Gasteiger partial charge is 0.191 e. The molecule has 2 saturated heterocycles. The molecule has 3 atom stereocenters. The summed E-state index contributed by atoms with van der Waals surface area (Å²) < 4.78 is 5.75. The van der Waals surface area contributed by atoms with Crippen LogP contribution in [0.3, 0.4) is 0 Å². The van der Waals surface area contributed by atoms with E-state index in [9.17, 15) is 0 Å². The van der Waals surface area contributed by atoms with Gasteiger partial charge in [0.25, 0.3) is 0 Å². The molecule has 0 spiro atoms. The van der Waals surface area contributed by atoms with Gasteiger partial charge in [-0.05, 0) is 57.6 Å². The Morgan fingerprint density at radius 3 is 2.90 bits per heavy atom. The van der Waals surface area contributed by atoms with E-state index >= 15 is 0 Å². The number of likely N-dealkylation sites (tertiary alicyclic amines) is 1. The molecule has 2 N–H and O–H groups in total. The van der Waals surface area contributed by atoms with Gasteiger partial charge in [-0.3, -0.25) is 9.89 Å². The fraction of sp³-hybridized carbons (Fsp3) is 0.762. The highest BCUT2D eigenvalue weighted by molar-refractivity contribution is 14.0. The molecule has 0 aromatic carbocycles. The third-order valence-electron chi connectivity index (χ3n) is 5.63. The van der Waals surface area contributed by atoms with Crippen molar-refractivity contribution in [1.29, 1.82) is 0 Å². The predicted octanol–water partition coefficient (Wildman–Crippen LogP) is 3.02. The number of rotatable bonds is 7. The van der Waals surface area contributed by atoms with Crippen LogP contribution in [0.1, 0.15) is 37.6 Å². The maximum absolute atomic E-state index is 5.75. The monoisotopic (exact) mass is 535 g/mol. The molecule has 8 heteroatoms. The van der Waals surface area contributed by atoms with Crippen molar-refractivity contribution in [3.8, 4) is 0 Å². The minimum absolute atomic E-state index is 0. The van der Waals surface area contributed by atoms with Gasteiger partial charge >= 0.3 is 0 Å². The normalized spacial score (nSPS) is 25.3. The van der Waals surface area contributed by atoms with E-state index in [1.807, 2.05) is 11.3 Å². The number of ether oxygens (including phenoxy) is 1. The maximum Gasteiger partial charge on any atom is 0.191 e. The van der Waals surface area contributed by atoms with Crippen molar-refractivity contribution < 1.29 is 4.74 Å². The number of guanidine groups is 1. The SMILES string of the molecule is CCNC(=NCC(c1cccs1)N1CCOC(C)C1)NCC1CCCN(C)C1.I. The molecule has 1 aromatic heterocycles. The Hall–Kier alpha value is -0.420. The van der Waals surface area contributed by atoms with Gasteiger partial charge < -0.3 is 20.3 Å². The highest BCUT2D eigenvalue weighted by Gasteiger charge is 2.26. The summed E-state index contributed by atoms with van der Waals surface area (Å²) in [4.78, 5) is 11.3. The summed E-state index contributed by atoms with van der Waals surface area (Å²) in [5.41, 5.74) is 0. The Bertz CT molecular complexity index is 600. The summed E-state index contributed by atoms with van der Waals surface area (Å²) in [6.07, 6.45) is 2.89. The molecule has 2 fully saturated rings. The zero-order valence-corrected chi connectivity index (χ0v) is 21.2. The van der Waals surface area contributed by atoms with E-state index in [0.717, 1.165) is 45.3 Å². The highest BCUT2D eigenvalue weighted by Crippen LogP contribution is 2.27. The number of nitrogens with zero attached hydrogens (tertiary/aromatic N) is 3. The number of piperidine rings is 1. The van der Waals surface area contributed by atoms with Gasteiger partial charge in [0.15, 0.2) is 5.96 Å². The fourth-order valence-corrected chi connectivity index (χ4v) is 5.05. The highest BCUT2D eigenvalue weighted by atomic mass is 127. The summed E-state index contributed by atoms with van der Waals surface area (Å²) in [6, 6.07) is 4.70. The summed E-state index contributed by atoms with van der Waals surface area (Å²) in [7, 11) is 2.22. The lowest BCUT2D eigenvalue weighted by Gasteiger charge is -2.36. The van der Waals surface area contributed by atoms with E-state index < -0.39 is 0 Å². The minimum atomic E-state index is 0. The zero-order chi connectivity index (χ0) is 19.8. The van der Waals surface area contributed by atoms with Gasteiger partial charge in [0.1, 0.15) is 0 Å². The zero-order valence-electron chi connectivity index (χ0n) is 18.1. The minimum Gasteiger partial charge on any atom is -0.376 e. The van der Waals surface area contributed by atoms with E-state index in [0.29, 0.717) is 12.0 Å². The Balaban J connectivity index is 0.00000300. The first-order valence-electron chi connectivity index (χ1n) is 10.8. The van der Waals surface area contributed by atoms with Gasteiger partial charge in [0.05, 0.1) is 25.3 Å². The van der Waals surface area contributed by atoms with Crippen LogP contribution < -0.4 is 10.6 Å². The van der Waals surface area contributed by atoms with Gasteiger partial charge in [-0.2, -0.15) is 0 Å². The topological polar surface area (TPSA) is 52.1 Å². The van der Waals surface area contributed by atoms with Crippen LogP contribution in [-0.2, 0) is 4.74 Å². The lowest BCUT2D eigenvalue weighted by atomic mass is 9.99. The Morgan fingerprint density at radius 2 is 2.21 bits per heavy atom. The van der Waals surface area contributed by atoms with Crippen LogP contribution in [-0.4, -0.2) is 81.3 Å². The quantitative estimate of drug-likeness (QED) is 0.320. The second-order valence-corrected chi connectivity index (χ2v) is 9.06. The second kappa shape index (κ2) is 13.1. The predicted molar refractivity (Wildman–Crippen MR) is 134 cm³/mol. The first-order valence-corrected chi connectivity index (χ1v) is 11.6. The van der Waals surface area contributed by atoms with Gasteiger partial charge in [-0.1, -0.05) is 6.07 Å². The van der Waals surface area contributed by atoms with E-state index in [4.69, 9.17) is 9.73 Å². The molecule has 0 aliphatic carbocycles. The molecule has 0 bridgehead atoms. The van der Waals surface area contributed by atoms with Crippen LogP contribution in [0.2, 0.25) is 0 Å². The van der Waals surface area contributed by atoms with Crippen LogP contribution in [0.15, 0.2) is 22.5 Å². The van der Waals surface area contributed by atoms with Crippen molar-refractivity contribution in [3.63, 3.8) is 0 Å². The maximum atomic E-state index is 5.75. The average Bonchev–Trinajstić information content (AvgIpc) is 3.21. The summed E-state index contributed by atoms with van der Waals surface area (Å²) in [5.74, 6) is 1.65. The second-order valence-electron chi connectivity index (χ2n) is 8.08. The summed E-state index contributed by atoms with van der Waals surface area (Å²) in [6.45, 7) is 12.1. The number of morpholine rings is 1. The molecule has 3 heterocycles. The van der Waals surface area contributed by atoms with Crippen molar-refractivity contribution in [1.82, 2.24) is 20.4 Å². The van der Waals surface area contributed by atoms with E-state index in [1.165, 1.54) is 30.8 Å². The lowest BCUT2D eigenvalue weighted by molar-refractivity contribution is -0.0327. The summed E-state index contributed by atoms with van der Waals surface area (Å²) in [5, 5.41) is 9.19. The van der Waals surface area contributed by atoms with Crippen molar-refractivity contribution in [2.75, 3.05) is 59.5 Å². The molecule has 29 heavy (non-hydrogen) atoms. The fourth-order valence-electron chi connectivity index (χ4n) is 4.20. The number of nitrogens with one attached hydrogen (secondary N) is 2. The van der Waals surface area contributed by atoms with Crippen molar-refractivity contribution in [2.45, 2.75) is 38.8 Å². The molecule has 6 nitrogen and oxygen atoms in total. The van der Waals surface area contributed by atoms with Gasteiger partial charge in [-0.15, -0.1) is 35.3 Å². The Kier molecular flexibility index (Phi) is 11.2. The number of halogens is 1. The molecule has 3 unspecified atom stereocenters. The van der Waals surface area contributed by atoms with Crippen molar-refractivity contribution in [2.24, 2.45) is 10.9 Å². The van der Waals surface area contributed by atoms with Crippen LogP contribution in [0.5, 0.6) is 0 Å².